The van der Waals surface area contributed by atoms with Crippen LogP contribution in [0.1, 0.15) is 18.9 Å². The number of aliphatic hydroxyl groups is 1. The Morgan fingerprint density at radius 1 is 1.38 bits per heavy atom. The topological polar surface area (TPSA) is 108 Å². The van der Waals surface area contributed by atoms with Crippen LogP contribution in [0.3, 0.4) is 0 Å². The first kappa shape index (κ1) is 16.8. The summed E-state index contributed by atoms with van der Waals surface area (Å²) >= 11 is 0. The van der Waals surface area contributed by atoms with Gasteiger partial charge in [-0.25, -0.2) is 4.79 Å². The fourth-order valence-corrected chi connectivity index (χ4v) is 1.73. The number of carbonyl (C=O) groups excluding carboxylic acids is 1. The van der Waals surface area contributed by atoms with Crippen molar-refractivity contribution in [3.63, 3.8) is 0 Å². The van der Waals surface area contributed by atoms with Gasteiger partial charge in [-0.1, -0.05) is 0 Å². The third-order valence-corrected chi connectivity index (χ3v) is 2.84. The Kier molecular flexibility index (Phi) is 5.54. The van der Waals surface area contributed by atoms with Crippen LogP contribution in [0.5, 0.6) is 5.75 Å². The number of aliphatic carboxylic acids is 1. The van der Waals surface area contributed by atoms with E-state index in [0.29, 0.717) is 11.4 Å². The van der Waals surface area contributed by atoms with Crippen LogP contribution in [0.15, 0.2) is 18.2 Å². The summed E-state index contributed by atoms with van der Waals surface area (Å²) in [6.07, 6.45) is -0.450. The summed E-state index contributed by atoms with van der Waals surface area (Å²) in [6.45, 7) is 3.00. The Morgan fingerprint density at radius 2 is 2.05 bits per heavy atom. The molecule has 7 nitrogen and oxygen atoms in total. The van der Waals surface area contributed by atoms with E-state index in [9.17, 15) is 14.7 Å². The van der Waals surface area contributed by atoms with Crippen LogP contribution in [-0.4, -0.2) is 41.5 Å². The van der Waals surface area contributed by atoms with Gasteiger partial charge in [0.1, 0.15) is 5.75 Å². The minimum Gasteiger partial charge on any atom is -0.497 e. The lowest BCUT2D eigenvalue weighted by Crippen LogP contribution is -2.43. The van der Waals surface area contributed by atoms with Crippen molar-refractivity contribution < 1.29 is 24.5 Å². The number of amides is 2. The number of methoxy groups -OCH3 is 1. The first-order chi connectivity index (χ1) is 9.73. The van der Waals surface area contributed by atoms with E-state index in [4.69, 9.17) is 9.84 Å². The van der Waals surface area contributed by atoms with Crippen LogP contribution in [0.4, 0.5) is 10.5 Å². The molecule has 0 aliphatic rings. The largest absolute Gasteiger partial charge is 0.497 e. The summed E-state index contributed by atoms with van der Waals surface area (Å²) in [7, 11) is 1.55. The van der Waals surface area contributed by atoms with Crippen molar-refractivity contribution in [1.82, 2.24) is 5.32 Å². The number of hydrogen-bond donors (Lipinski definition) is 4. The van der Waals surface area contributed by atoms with Crippen molar-refractivity contribution in [2.24, 2.45) is 0 Å². The summed E-state index contributed by atoms with van der Waals surface area (Å²) in [4.78, 5) is 22.3. The number of benzene rings is 1. The molecule has 116 valence electrons. The normalized spacial score (nSPS) is 13.1. The molecule has 0 aliphatic carbocycles. The van der Waals surface area contributed by atoms with Gasteiger partial charge < -0.3 is 25.6 Å². The number of urea groups is 1. The number of ether oxygens (including phenoxy) is 1. The molecule has 0 bridgehead atoms. The molecule has 0 radical (unpaired) electrons. The van der Waals surface area contributed by atoms with E-state index in [1.165, 1.54) is 6.92 Å². The smallest absolute Gasteiger partial charge is 0.319 e. The SMILES string of the molecule is COc1ccc(NC(=O)NCC(C)(O)CC(=O)O)c(C)c1. The van der Waals surface area contributed by atoms with E-state index < -0.39 is 24.0 Å². The van der Waals surface area contributed by atoms with Gasteiger partial charge in [0, 0.05) is 12.2 Å². The van der Waals surface area contributed by atoms with E-state index in [1.54, 1.807) is 25.3 Å². The van der Waals surface area contributed by atoms with Gasteiger partial charge in [0.25, 0.3) is 0 Å². The van der Waals surface area contributed by atoms with Gasteiger partial charge >= 0.3 is 12.0 Å². The zero-order chi connectivity index (χ0) is 16.0. The molecule has 1 aromatic rings. The summed E-state index contributed by atoms with van der Waals surface area (Å²) in [5.41, 5.74) is -0.0778. The lowest BCUT2D eigenvalue weighted by Gasteiger charge is -2.21. The van der Waals surface area contributed by atoms with E-state index in [2.05, 4.69) is 10.6 Å². The highest BCUT2D eigenvalue weighted by Crippen LogP contribution is 2.20. The maximum atomic E-state index is 11.7. The van der Waals surface area contributed by atoms with Crippen molar-refractivity contribution >= 4 is 17.7 Å². The molecule has 0 spiro atoms. The number of carbonyl (C=O) groups is 2. The number of hydrogen-bond acceptors (Lipinski definition) is 4. The fourth-order valence-electron chi connectivity index (χ4n) is 1.73. The number of carboxylic acids is 1. The molecule has 0 saturated heterocycles. The molecular formula is C14H20N2O5. The van der Waals surface area contributed by atoms with Crippen molar-refractivity contribution in [1.29, 1.82) is 0 Å². The standard InChI is InChI=1S/C14H20N2O5/c1-9-6-10(21-3)4-5-11(9)16-13(19)15-8-14(2,20)7-12(17)18/h4-6,20H,7-8H2,1-3H3,(H,17,18)(H2,15,16,19). The van der Waals surface area contributed by atoms with Gasteiger partial charge in [0.05, 0.1) is 19.1 Å². The van der Waals surface area contributed by atoms with Gasteiger partial charge in [-0.3, -0.25) is 4.79 Å². The summed E-state index contributed by atoms with van der Waals surface area (Å²) in [5.74, 6) is -0.448. The number of carboxylic acid groups (broad SMARTS) is 1. The third-order valence-electron chi connectivity index (χ3n) is 2.84. The zero-order valence-electron chi connectivity index (χ0n) is 12.3. The summed E-state index contributed by atoms with van der Waals surface area (Å²) in [6, 6.07) is 4.66. The van der Waals surface area contributed by atoms with Crippen molar-refractivity contribution in [2.45, 2.75) is 25.9 Å². The highest BCUT2D eigenvalue weighted by Gasteiger charge is 2.24. The van der Waals surface area contributed by atoms with Gasteiger partial charge in [0.15, 0.2) is 0 Å². The molecular weight excluding hydrogens is 276 g/mol. The van der Waals surface area contributed by atoms with Crippen LogP contribution in [-0.2, 0) is 4.79 Å². The predicted octanol–water partition coefficient (Wildman–Crippen LogP) is 1.35. The molecule has 0 aromatic heterocycles. The lowest BCUT2D eigenvalue weighted by atomic mass is 10.0. The fraction of sp³-hybridized carbons (Fsp3) is 0.429. The zero-order valence-corrected chi connectivity index (χ0v) is 12.3. The van der Waals surface area contributed by atoms with E-state index in [-0.39, 0.29) is 6.54 Å². The molecule has 1 atom stereocenters. The second kappa shape index (κ2) is 6.94. The van der Waals surface area contributed by atoms with Crippen molar-refractivity contribution in [3.05, 3.63) is 23.8 Å². The lowest BCUT2D eigenvalue weighted by molar-refractivity contribution is -0.141. The molecule has 0 saturated carbocycles. The molecule has 21 heavy (non-hydrogen) atoms. The second-order valence-electron chi connectivity index (χ2n) is 5.06. The molecule has 1 rings (SSSR count). The number of rotatable bonds is 6. The van der Waals surface area contributed by atoms with Crippen LogP contribution in [0.2, 0.25) is 0 Å². The second-order valence-corrected chi connectivity index (χ2v) is 5.06. The highest BCUT2D eigenvalue weighted by molar-refractivity contribution is 5.90. The Labute approximate surface area is 122 Å². The van der Waals surface area contributed by atoms with E-state index >= 15 is 0 Å². The first-order valence-corrected chi connectivity index (χ1v) is 6.37. The van der Waals surface area contributed by atoms with Gasteiger partial charge in [0.2, 0.25) is 0 Å². The molecule has 1 unspecified atom stereocenters. The van der Waals surface area contributed by atoms with Crippen molar-refractivity contribution in [2.75, 3.05) is 19.0 Å². The average molecular weight is 296 g/mol. The molecule has 7 heteroatoms. The van der Waals surface area contributed by atoms with Crippen LogP contribution in [0.25, 0.3) is 0 Å². The maximum absolute atomic E-state index is 11.7. The van der Waals surface area contributed by atoms with Gasteiger partial charge in [-0.15, -0.1) is 0 Å². The van der Waals surface area contributed by atoms with E-state index in [0.717, 1.165) is 5.56 Å². The molecule has 2 amide bonds. The number of anilines is 1. The minimum absolute atomic E-state index is 0.166. The van der Waals surface area contributed by atoms with Crippen LogP contribution >= 0.6 is 0 Å². The predicted molar refractivity (Wildman–Crippen MR) is 77.6 cm³/mol. The third kappa shape index (κ3) is 5.70. The van der Waals surface area contributed by atoms with Crippen molar-refractivity contribution in [3.8, 4) is 5.75 Å². The Hall–Kier alpha value is -2.28. The summed E-state index contributed by atoms with van der Waals surface area (Å²) in [5, 5.41) is 23.5. The van der Waals surface area contributed by atoms with Crippen LogP contribution in [0, 0.1) is 6.92 Å². The van der Waals surface area contributed by atoms with E-state index in [1.807, 2.05) is 6.92 Å². The molecule has 0 fully saturated rings. The first-order valence-electron chi connectivity index (χ1n) is 6.37. The molecule has 0 heterocycles. The highest BCUT2D eigenvalue weighted by atomic mass is 16.5. The molecule has 0 aliphatic heterocycles. The number of aryl methyl sites for hydroxylation is 1. The van der Waals surface area contributed by atoms with Gasteiger partial charge in [-0.2, -0.15) is 0 Å². The average Bonchev–Trinajstić information content (AvgIpc) is 2.37. The maximum Gasteiger partial charge on any atom is 0.319 e. The Morgan fingerprint density at radius 3 is 2.57 bits per heavy atom. The minimum atomic E-state index is -1.50. The molecule has 4 N–H and O–H groups in total. The monoisotopic (exact) mass is 296 g/mol. The van der Waals surface area contributed by atoms with Gasteiger partial charge in [-0.05, 0) is 37.6 Å². The van der Waals surface area contributed by atoms with Crippen LogP contribution < -0.4 is 15.4 Å². The Bertz CT molecular complexity index is 528. The molecule has 1 aromatic carbocycles. The Balaban J connectivity index is 2.56. The summed E-state index contributed by atoms with van der Waals surface area (Å²) < 4.78 is 5.07. The number of nitrogens with one attached hydrogen (secondary N) is 2. The quantitative estimate of drug-likeness (QED) is 0.634.